The van der Waals surface area contributed by atoms with Gasteiger partial charge in [0, 0.05) is 37.2 Å². The third kappa shape index (κ3) is 14.1. The number of carbonyl (C=O) groups excluding carboxylic acids is 3. The molecule has 0 bridgehead atoms. The van der Waals surface area contributed by atoms with Crippen molar-refractivity contribution in [3.63, 3.8) is 0 Å². The number of rotatable bonds is 19. The van der Waals surface area contributed by atoms with Gasteiger partial charge in [0.15, 0.2) is 37.0 Å². The molecule has 4 aromatic rings. The summed E-state index contributed by atoms with van der Waals surface area (Å²) >= 11 is 0. The molecule has 0 saturated carbocycles. The Labute approximate surface area is 305 Å². The van der Waals surface area contributed by atoms with Crippen LogP contribution in [0.2, 0.25) is 0 Å². The summed E-state index contributed by atoms with van der Waals surface area (Å²) in [6.45, 7) is 10.3. The molecule has 10 nitrogen and oxygen atoms in total. The Bertz CT molecular complexity index is 1730. The Morgan fingerprint density at radius 3 is 1.38 bits per heavy atom. The van der Waals surface area contributed by atoms with Crippen LogP contribution < -0.4 is 9.47 Å². The quantitative estimate of drug-likeness (QED) is 0.0796. The van der Waals surface area contributed by atoms with Crippen molar-refractivity contribution in [3.05, 3.63) is 130 Å². The summed E-state index contributed by atoms with van der Waals surface area (Å²) in [5, 5.41) is 9.11. The molecule has 0 aliphatic rings. The van der Waals surface area contributed by atoms with E-state index in [0.29, 0.717) is 48.9 Å². The zero-order chi connectivity index (χ0) is 37.9. The molecule has 1 N–H and O–H groups in total. The van der Waals surface area contributed by atoms with Gasteiger partial charge >= 0.3 is 11.9 Å². The van der Waals surface area contributed by atoms with Gasteiger partial charge in [-0.3, -0.25) is 9.59 Å². The molecule has 0 aliphatic carbocycles. The Hall–Kier alpha value is -5.32. The molecule has 4 rings (SSSR count). The third-order valence-corrected chi connectivity index (χ3v) is 7.67. The van der Waals surface area contributed by atoms with E-state index < -0.39 is 18.2 Å². The number of Topliss-reactive ketones (excluding diaryl/α,β-unsaturated/α-hetero) is 2. The highest BCUT2D eigenvalue weighted by atomic mass is 16.6. The molecule has 0 aliphatic heterocycles. The maximum absolute atomic E-state index is 12.2. The second-order valence-corrected chi connectivity index (χ2v) is 11.8. The van der Waals surface area contributed by atoms with Crippen molar-refractivity contribution in [1.82, 2.24) is 0 Å². The first-order valence-electron chi connectivity index (χ1n) is 17.3. The van der Waals surface area contributed by atoms with Gasteiger partial charge in [-0.1, -0.05) is 71.8 Å². The predicted octanol–water partition coefficient (Wildman–Crippen LogP) is 7.06. The van der Waals surface area contributed by atoms with Crippen LogP contribution in [0.25, 0.3) is 0 Å². The van der Waals surface area contributed by atoms with E-state index in [-0.39, 0.29) is 37.2 Å². The van der Waals surface area contributed by atoms with Crippen LogP contribution in [0.4, 0.5) is 0 Å². The molecule has 10 heteroatoms. The molecule has 0 saturated heterocycles. The van der Waals surface area contributed by atoms with E-state index >= 15 is 0 Å². The van der Waals surface area contributed by atoms with Gasteiger partial charge in [0.1, 0.15) is 11.5 Å². The summed E-state index contributed by atoms with van der Waals surface area (Å²) < 4.78 is 26.8. The van der Waals surface area contributed by atoms with E-state index in [1.807, 2.05) is 69.3 Å². The molecule has 0 heterocycles. The molecule has 0 amide bonds. The van der Waals surface area contributed by atoms with Gasteiger partial charge in [0.2, 0.25) is 0 Å². The SMILES string of the molecule is CCOC(=O)C(Cc1ccc(OCC(=O)c2cccc(C)c2)cc1)OCC.CCOC(Cc1ccc(OCC(=O)c2cccc(C)c2)cc1)C(=O)O. The highest BCUT2D eigenvalue weighted by Gasteiger charge is 2.21. The van der Waals surface area contributed by atoms with Crippen molar-refractivity contribution in [1.29, 1.82) is 0 Å². The lowest BCUT2D eigenvalue weighted by molar-refractivity contribution is -0.156. The van der Waals surface area contributed by atoms with Crippen molar-refractivity contribution in [2.45, 2.75) is 59.7 Å². The monoisotopic (exact) mass is 712 g/mol. The molecule has 0 radical (unpaired) electrons. The number of hydrogen-bond donors (Lipinski definition) is 1. The van der Waals surface area contributed by atoms with E-state index in [0.717, 1.165) is 22.3 Å². The number of aryl methyl sites for hydroxylation is 2. The minimum Gasteiger partial charge on any atom is -0.485 e. The fraction of sp³-hybridized carbons (Fsp3) is 0.333. The van der Waals surface area contributed by atoms with Crippen molar-refractivity contribution >= 4 is 23.5 Å². The Balaban J connectivity index is 0.000000281. The molecule has 0 aromatic heterocycles. The second kappa shape index (κ2) is 21.8. The molecule has 4 aromatic carbocycles. The fourth-order valence-corrected chi connectivity index (χ4v) is 5.04. The van der Waals surface area contributed by atoms with Gasteiger partial charge in [-0.2, -0.15) is 0 Å². The zero-order valence-corrected chi connectivity index (χ0v) is 30.5. The average molecular weight is 713 g/mol. The van der Waals surface area contributed by atoms with Gasteiger partial charge in [-0.05, 0) is 82.1 Å². The maximum atomic E-state index is 12.2. The summed E-state index contributed by atoms with van der Waals surface area (Å²) in [5.74, 6) is -0.331. The highest BCUT2D eigenvalue weighted by Crippen LogP contribution is 2.17. The van der Waals surface area contributed by atoms with Crippen LogP contribution in [0.15, 0.2) is 97.1 Å². The Morgan fingerprint density at radius 2 is 1.00 bits per heavy atom. The average Bonchev–Trinajstić information content (AvgIpc) is 3.14. The van der Waals surface area contributed by atoms with Crippen LogP contribution in [0.3, 0.4) is 0 Å². The smallest absolute Gasteiger partial charge is 0.335 e. The second-order valence-electron chi connectivity index (χ2n) is 11.8. The van der Waals surface area contributed by atoms with E-state index in [1.165, 1.54) is 0 Å². The largest absolute Gasteiger partial charge is 0.485 e. The van der Waals surface area contributed by atoms with Gasteiger partial charge in [-0.25, -0.2) is 9.59 Å². The Kier molecular flexibility index (Phi) is 17.2. The van der Waals surface area contributed by atoms with Gasteiger partial charge < -0.3 is 28.8 Å². The summed E-state index contributed by atoms with van der Waals surface area (Å²) in [6.07, 6.45) is -0.773. The normalized spacial score (nSPS) is 11.7. The molecule has 52 heavy (non-hydrogen) atoms. The van der Waals surface area contributed by atoms with Crippen LogP contribution in [-0.4, -0.2) is 73.9 Å². The lowest BCUT2D eigenvalue weighted by atomic mass is 10.1. The summed E-state index contributed by atoms with van der Waals surface area (Å²) in [7, 11) is 0. The maximum Gasteiger partial charge on any atom is 0.335 e. The van der Waals surface area contributed by atoms with Crippen LogP contribution in [0, 0.1) is 13.8 Å². The lowest BCUT2D eigenvalue weighted by Crippen LogP contribution is -2.28. The number of carboxylic acids is 1. The third-order valence-electron chi connectivity index (χ3n) is 7.67. The number of ether oxygens (including phenoxy) is 5. The van der Waals surface area contributed by atoms with Crippen molar-refractivity contribution < 1.29 is 48.0 Å². The van der Waals surface area contributed by atoms with E-state index in [2.05, 4.69) is 0 Å². The van der Waals surface area contributed by atoms with Crippen LogP contribution in [-0.2, 0) is 36.6 Å². The van der Waals surface area contributed by atoms with E-state index in [1.54, 1.807) is 62.4 Å². The van der Waals surface area contributed by atoms with Gasteiger partial charge in [-0.15, -0.1) is 0 Å². The number of ketones is 2. The van der Waals surface area contributed by atoms with Crippen LogP contribution >= 0.6 is 0 Å². The lowest BCUT2D eigenvalue weighted by Gasteiger charge is -2.15. The summed E-state index contributed by atoms with van der Waals surface area (Å²) in [5.41, 5.74) is 5.09. The minimum atomic E-state index is -0.981. The first-order valence-corrected chi connectivity index (χ1v) is 17.3. The van der Waals surface area contributed by atoms with Crippen molar-refractivity contribution in [2.75, 3.05) is 33.0 Å². The van der Waals surface area contributed by atoms with Crippen molar-refractivity contribution in [3.8, 4) is 11.5 Å². The zero-order valence-electron chi connectivity index (χ0n) is 30.5. The van der Waals surface area contributed by atoms with E-state index in [4.69, 9.17) is 28.8 Å². The van der Waals surface area contributed by atoms with Crippen LogP contribution in [0.5, 0.6) is 11.5 Å². The predicted molar refractivity (Wildman–Crippen MR) is 197 cm³/mol. The van der Waals surface area contributed by atoms with Gasteiger partial charge in [0.05, 0.1) is 6.61 Å². The molecule has 276 valence electrons. The molecule has 2 unspecified atom stereocenters. The number of carbonyl (C=O) groups is 4. The Morgan fingerprint density at radius 1 is 0.577 bits per heavy atom. The molecule has 0 fully saturated rings. The van der Waals surface area contributed by atoms with Crippen molar-refractivity contribution in [2.24, 2.45) is 0 Å². The highest BCUT2D eigenvalue weighted by molar-refractivity contribution is 5.97. The molecular weight excluding hydrogens is 664 g/mol. The standard InChI is InChI=1S/C22H26O5.C20H22O5/c1-4-25-21(22(24)26-5-2)14-17-9-11-19(12-10-17)27-15-20(23)18-8-6-7-16(3)13-18;1-3-24-19(20(22)23)12-15-7-9-17(10-8-15)25-13-18(21)16-6-4-5-14(2)11-16/h6-13,21H,4-5,14-15H2,1-3H3;4-11,19H,3,12-13H2,1-2H3,(H,22,23). The number of hydrogen-bond acceptors (Lipinski definition) is 9. The summed E-state index contributed by atoms with van der Waals surface area (Å²) in [6, 6.07) is 29.1. The first-order chi connectivity index (χ1) is 25.0. The summed E-state index contributed by atoms with van der Waals surface area (Å²) in [4.78, 5) is 47.4. The molecule has 0 spiro atoms. The number of aliphatic carboxylic acids is 1. The van der Waals surface area contributed by atoms with E-state index in [9.17, 15) is 19.2 Å². The number of carboxylic acid groups (broad SMARTS) is 1. The number of benzene rings is 4. The van der Waals surface area contributed by atoms with Crippen LogP contribution in [0.1, 0.15) is 63.7 Å². The first kappa shape index (κ1) is 41.1. The minimum absolute atomic E-state index is 0.0206. The fourth-order valence-electron chi connectivity index (χ4n) is 5.04. The topological polar surface area (TPSA) is 135 Å². The van der Waals surface area contributed by atoms with Gasteiger partial charge in [0.25, 0.3) is 0 Å². The number of esters is 1. The molecular formula is C42H48O10. The molecule has 2 atom stereocenters.